The molecule has 0 unspecified atom stereocenters. The number of hydrogen-bond acceptors (Lipinski definition) is 4. The molecule has 3 heterocycles. The first-order valence-electron chi connectivity index (χ1n) is 12.8. The predicted octanol–water partition coefficient (Wildman–Crippen LogP) is 5.37. The first kappa shape index (κ1) is 25.5. The van der Waals surface area contributed by atoms with Gasteiger partial charge in [-0.3, -0.25) is 14.0 Å². The van der Waals surface area contributed by atoms with E-state index in [0.717, 1.165) is 48.3 Å². The minimum Gasteiger partial charge on any atom is -0.352 e. The highest BCUT2D eigenvalue weighted by atomic mass is 35.5. The zero-order valence-electron chi connectivity index (χ0n) is 21.2. The number of aryl methyl sites for hydroxylation is 1. The molecule has 0 radical (unpaired) electrons. The largest absolute Gasteiger partial charge is 0.352 e. The van der Waals surface area contributed by atoms with Gasteiger partial charge >= 0.3 is 0 Å². The summed E-state index contributed by atoms with van der Waals surface area (Å²) in [5.74, 6) is 0.446. The van der Waals surface area contributed by atoms with Crippen LogP contribution >= 0.6 is 11.6 Å². The monoisotopic (exact) mass is 528 g/mol. The summed E-state index contributed by atoms with van der Waals surface area (Å²) in [5.41, 5.74) is 4.60. The molecule has 9 heteroatoms. The van der Waals surface area contributed by atoms with Gasteiger partial charge in [-0.25, -0.2) is 9.97 Å². The van der Waals surface area contributed by atoms with E-state index in [1.165, 1.54) is 0 Å². The van der Waals surface area contributed by atoms with Crippen LogP contribution in [-0.4, -0.2) is 36.4 Å². The summed E-state index contributed by atoms with van der Waals surface area (Å²) >= 11 is 6.06. The fourth-order valence-corrected chi connectivity index (χ4v) is 4.59. The van der Waals surface area contributed by atoms with Gasteiger partial charge in [-0.05, 0) is 36.2 Å². The van der Waals surface area contributed by atoms with Crippen molar-refractivity contribution in [3.8, 4) is 22.5 Å². The fraction of sp³-hybridized carbons (Fsp3) is 0.241. The van der Waals surface area contributed by atoms with Crippen molar-refractivity contribution >= 4 is 23.3 Å². The van der Waals surface area contributed by atoms with Crippen LogP contribution in [0, 0.1) is 0 Å². The lowest BCUT2D eigenvalue weighted by Gasteiger charge is -2.15. The van der Waals surface area contributed by atoms with E-state index in [0.29, 0.717) is 35.0 Å². The lowest BCUT2D eigenvalue weighted by molar-refractivity contribution is 0.0954. The van der Waals surface area contributed by atoms with Gasteiger partial charge in [-0.2, -0.15) is 0 Å². The Kier molecular flexibility index (Phi) is 7.70. The summed E-state index contributed by atoms with van der Waals surface area (Å²) < 4.78 is 3.69. The normalized spacial score (nSPS) is 11.2. The topological polar surface area (TPSA) is 97.1 Å². The Balaban J connectivity index is 1.45. The standard InChI is InChI=1S/C29H29ClN6O2/c1-2-3-4-15-35-26(16-27(37)36-18-25(34-29(35)36)20-9-11-23(30)12-10-20)21-5-7-22(8-6-21)28(38)32-14-13-24-17-31-19-33-24/h5-12,16-19H,2-4,13-15H2,1H3,(H,31,33)(H,32,38). The number of fused-ring (bicyclic) bond motifs is 1. The Morgan fingerprint density at radius 2 is 1.82 bits per heavy atom. The first-order chi connectivity index (χ1) is 18.5. The molecule has 5 rings (SSSR count). The number of H-pyrrole nitrogens is 1. The Hall–Kier alpha value is -4.17. The number of amides is 1. The Morgan fingerprint density at radius 1 is 1.05 bits per heavy atom. The summed E-state index contributed by atoms with van der Waals surface area (Å²) in [4.78, 5) is 37.7. The number of benzene rings is 2. The molecule has 0 aliphatic carbocycles. The second-order valence-corrected chi connectivity index (χ2v) is 9.63. The average Bonchev–Trinajstić information content (AvgIpc) is 3.61. The van der Waals surface area contributed by atoms with E-state index in [1.807, 2.05) is 36.4 Å². The summed E-state index contributed by atoms with van der Waals surface area (Å²) in [6.07, 6.45) is 8.93. The van der Waals surface area contributed by atoms with Crippen LogP contribution in [0.25, 0.3) is 28.3 Å². The molecular formula is C29H29ClN6O2. The lowest BCUT2D eigenvalue weighted by Crippen LogP contribution is -2.25. The lowest BCUT2D eigenvalue weighted by atomic mass is 10.1. The van der Waals surface area contributed by atoms with Crippen molar-refractivity contribution < 1.29 is 4.79 Å². The van der Waals surface area contributed by atoms with Gasteiger partial charge in [-0.15, -0.1) is 0 Å². The van der Waals surface area contributed by atoms with E-state index in [1.54, 1.807) is 41.3 Å². The van der Waals surface area contributed by atoms with Crippen LogP contribution in [0.15, 0.2) is 78.1 Å². The average molecular weight is 529 g/mol. The summed E-state index contributed by atoms with van der Waals surface area (Å²) in [6.45, 7) is 3.39. The SMILES string of the molecule is CCCCCn1c(-c2ccc(C(=O)NCCc3cnc[nH]3)cc2)cc(=O)n2cc(-c3ccc(Cl)cc3)nc12. The van der Waals surface area contributed by atoms with Crippen LogP contribution in [0.1, 0.15) is 42.2 Å². The number of carbonyl (C=O) groups excluding carboxylic acids is 1. The molecule has 0 saturated carbocycles. The van der Waals surface area contributed by atoms with E-state index in [9.17, 15) is 9.59 Å². The molecule has 194 valence electrons. The van der Waals surface area contributed by atoms with Crippen molar-refractivity contribution in [1.82, 2.24) is 29.2 Å². The molecule has 0 saturated heterocycles. The molecule has 0 aliphatic heterocycles. The number of aromatic nitrogens is 5. The number of nitrogens with one attached hydrogen (secondary N) is 2. The number of hydrogen-bond donors (Lipinski definition) is 2. The smallest absolute Gasteiger partial charge is 0.259 e. The second kappa shape index (κ2) is 11.5. The third-order valence-corrected chi connectivity index (χ3v) is 6.77. The van der Waals surface area contributed by atoms with Crippen LogP contribution in [0.4, 0.5) is 0 Å². The third kappa shape index (κ3) is 5.55. The van der Waals surface area contributed by atoms with Gasteiger partial charge in [0.2, 0.25) is 5.78 Å². The van der Waals surface area contributed by atoms with E-state index in [-0.39, 0.29) is 11.5 Å². The van der Waals surface area contributed by atoms with Gasteiger partial charge < -0.3 is 14.9 Å². The summed E-state index contributed by atoms with van der Waals surface area (Å²) in [5, 5.41) is 3.58. The van der Waals surface area contributed by atoms with Gasteiger partial charge in [0.05, 0.1) is 17.7 Å². The zero-order chi connectivity index (χ0) is 26.5. The molecule has 0 spiro atoms. The highest BCUT2D eigenvalue weighted by Crippen LogP contribution is 2.25. The molecule has 1 amide bonds. The number of carbonyl (C=O) groups is 1. The van der Waals surface area contributed by atoms with Gasteiger partial charge in [0, 0.05) is 59.8 Å². The number of rotatable bonds is 10. The summed E-state index contributed by atoms with van der Waals surface area (Å²) in [7, 11) is 0. The number of imidazole rings is 2. The van der Waals surface area contributed by atoms with Crippen molar-refractivity contribution in [1.29, 1.82) is 0 Å². The van der Waals surface area contributed by atoms with E-state index >= 15 is 0 Å². The highest BCUT2D eigenvalue weighted by Gasteiger charge is 2.16. The Labute approximate surface area is 225 Å². The molecule has 2 aromatic carbocycles. The second-order valence-electron chi connectivity index (χ2n) is 9.19. The maximum atomic E-state index is 13.2. The predicted molar refractivity (Wildman–Crippen MR) is 149 cm³/mol. The van der Waals surface area contributed by atoms with Crippen molar-refractivity contribution in [2.75, 3.05) is 6.54 Å². The van der Waals surface area contributed by atoms with E-state index in [4.69, 9.17) is 16.6 Å². The van der Waals surface area contributed by atoms with Crippen LogP contribution in [0.2, 0.25) is 5.02 Å². The maximum absolute atomic E-state index is 13.2. The van der Waals surface area contributed by atoms with E-state index in [2.05, 4.69) is 26.8 Å². The minimum absolute atomic E-state index is 0.146. The molecular weight excluding hydrogens is 500 g/mol. The molecule has 0 atom stereocenters. The number of halogens is 1. The fourth-order valence-electron chi connectivity index (χ4n) is 4.46. The summed E-state index contributed by atoms with van der Waals surface area (Å²) in [6, 6.07) is 16.4. The van der Waals surface area contributed by atoms with Gasteiger partial charge in [0.15, 0.2) is 0 Å². The van der Waals surface area contributed by atoms with Crippen LogP contribution in [-0.2, 0) is 13.0 Å². The van der Waals surface area contributed by atoms with Gasteiger partial charge in [0.1, 0.15) is 0 Å². The first-order valence-corrected chi connectivity index (χ1v) is 13.2. The highest BCUT2D eigenvalue weighted by molar-refractivity contribution is 6.30. The van der Waals surface area contributed by atoms with Gasteiger partial charge in [-0.1, -0.05) is 55.6 Å². The molecule has 0 aliphatic rings. The maximum Gasteiger partial charge on any atom is 0.259 e. The molecule has 0 fully saturated rings. The molecule has 0 bridgehead atoms. The van der Waals surface area contributed by atoms with Crippen molar-refractivity contribution in [2.45, 2.75) is 39.2 Å². The van der Waals surface area contributed by atoms with Crippen molar-refractivity contribution in [3.05, 3.63) is 100.0 Å². The minimum atomic E-state index is -0.157. The van der Waals surface area contributed by atoms with Crippen LogP contribution in [0.5, 0.6) is 0 Å². The molecule has 3 aromatic heterocycles. The number of aromatic amines is 1. The molecule has 5 aromatic rings. The zero-order valence-corrected chi connectivity index (χ0v) is 21.9. The van der Waals surface area contributed by atoms with Crippen LogP contribution < -0.4 is 10.9 Å². The Bertz CT molecular complexity index is 1590. The van der Waals surface area contributed by atoms with E-state index < -0.39 is 0 Å². The van der Waals surface area contributed by atoms with Gasteiger partial charge in [0.25, 0.3) is 11.5 Å². The molecule has 8 nitrogen and oxygen atoms in total. The quantitative estimate of drug-likeness (QED) is 0.238. The third-order valence-electron chi connectivity index (χ3n) is 6.52. The Morgan fingerprint density at radius 3 is 2.53 bits per heavy atom. The molecule has 2 N–H and O–H groups in total. The number of unbranched alkanes of at least 4 members (excludes halogenated alkanes) is 2. The number of nitrogens with zero attached hydrogens (tertiary/aromatic N) is 4. The van der Waals surface area contributed by atoms with Crippen molar-refractivity contribution in [3.63, 3.8) is 0 Å². The van der Waals surface area contributed by atoms with Crippen LogP contribution in [0.3, 0.4) is 0 Å². The molecule has 38 heavy (non-hydrogen) atoms. The van der Waals surface area contributed by atoms with Crippen molar-refractivity contribution in [2.24, 2.45) is 0 Å².